The number of nitrogens with zero attached hydrogens (tertiary/aromatic N) is 4. The van der Waals surface area contributed by atoms with Gasteiger partial charge in [-0.1, -0.05) is 67.4 Å². The molecule has 0 bridgehead atoms. The third kappa shape index (κ3) is 5.07. The number of carbonyl (C=O) groups is 1. The number of aryl methyl sites for hydroxylation is 1. The summed E-state index contributed by atoms with van der Waals surface area (Å²) in [4.78, 5) is 25.7. The van der Waals surface area contributed by atoms with E-state index < -0.39 is 0 Å². The van der Waals surface area contributed by atoms with Crippen LogP contribution in [0.15, 0.2) is 58.5 Å². The number of thioether (sulfide) groups is 1. The number of benzene rings is 2. The van der Waals surface area contributed by atoms with Crippen LogP contribution in [-0.4, -0.2) is 30.8 Å². The van der Waals surface area contributed by atoms with Gasteiger partial charge in [-0.2, -0.15) is 0 Å². The quantitative estimate of drug-likeness (QED) is 0.271. The van der Waals surface area contributed by atoms with Crippen LogP contribution in [0.5, 0.6) is 0 Å². The average Bonchev–Trinajstić information content (AvgIpc) is 3.24. The summed E-state index contributed by atoms with van der Waals surface area (Å²) in [5.74, 6) is 0.578. The van der Waals surface area contributed by atoms with E-state index in [1.54, 1.807) is 4.57 Å². The van der Waals surface area contributed by atoms with Crippen LogP contribution in [0.25, 0.3) is 16.7 Å². The number of fused-ring (bicyclic) bond motifs is 3. The van der Waals surface area contributed by atoms with Gasteiger partial charge in [0, 0.05) is 11.6 Å². The Labute approximate surface area is 201 Å². The van der Waals surface area contributed by atoms with Crippen molar-refractivity contribution in [1.82, 2.24) is 24.5 Å². The van der Waals surface area contributed by atoms with E-state index in [0.29, 0.717) is 27.9 Å². The van der Waals surface area contributed by atoms with Crippen LogP contribution < -0.4 is 10.9 Å². The summed E-state index contributed by atoms with van der Waals surface area (Å²) >= 11 is 7.25. The van der Waals surface area contributed by atoms with Crippen molar-refractivity contribution in [3.63, 3.8) is 0 Å². The number of hydrogen-bond acceptors (Lipinski definition) is 5. The summed E-state index contributed by atoms with van der Waals surface area (Å²) < 4.78 is 3.57. The van der Waals surface area contributed by atoms with Crippen LogP contribution in [0.2, 0.25) is 5.02 Å². The Hall–Kier alpha value is -2.84. The monoisotopic (exact) mass is 483 g/mol. The maximum atomic E-state index is 13.1. The molecule has 0 aliphatic heterocycles. The number of halogens is 1. The van der Waals surface area contributed by atoms with Gasteiger partial charge in [0.15, 0.2) is 5.16 Å². The standard InChI is InChI=1S/C24H26ClN5O2S/c1-3-4-7-14-29-22(32)19-8-5-6-9-20(19)30-23(29)27-28-24(30)33-15-21(31)26-16(2)17-10-12-18(25)13-11-17/h5-6,8-13,16H,3-4,7,14-15H2,1-2H3,(H,26,31). The molecule has 4 aromatic rings. The predicted octanol–water partition coefficient (Wildman–Crippen LogP) is 4.86. The topological polar surface area (TPSA) is 81.3 Å². The summed E-state index contributed by atoms with van der Waals surface area (Å²) in [5, 5.41) is 13.5. The number of hydrogen-bond donors (Lipinski definition) is 1. The summed E-state index contributed by atoms with van der Waals surface area (Å²) in [6.07, 6.45) is 2.99. The Morgan fingerprint density at radius 2 is 1.88 bits per heavy atom. The van der Waals surface area contributed by atoms with E-state index in [2.05, 4.69) is 22.4 Å². The molecule has 0 aliphatic rings. The molecule has 2 heterocycles. The van der Waals surface area contributed by atoms with Crippen molar-refractivity contribution >= 4 is 46.0 Å². The zero-order chi connectivity index (χ0) is 23.4. The normalized spacial score (nSPS) is 12.3. The highest BCUT2D eigenvalue weighted by molar-refractivity contribution is 7.99. The maximum absolute atomic E-state index is 13.1. The van der Waals surface area contributed by atoms with Gasteiger partial charge < -0.3 is 5.32 Å². The molecule has 1 amide bonds. The van der Waals surface area contributed by atoms with Gasteiger partial charge in [-0.25, -0.2) is 0 Å². The lowest BCUT2D eigenvalue weighted by Crippen LogP contribution is -2.28. The highest BCUT2D eigenvalue weighted by Gasteiger charge is 2.18. The fourth-order valence-corrected chi connectivity index (χ4v) is 4.67. The molecule has 1 unspecified atom stereocenters. The number of amides is 1. The van der Waals surface area contributed by atoms with Crippen LogP contribution in [0.3, 0.4) is 0 Å². The summed E-state index contributed by atoms with van der Waals surface area (Å²) in [5.41, 5.74) is 1.66. The molecule has 0 aliphatic carbocycles. The molecule has 1 N–H and O–H groups in total. The van der Waals surface area contributed by atoms with Crippen LogP contribution in [0.4, 0.5) is 0 Å². The van der Waals surface area contributed by atoms with Gasteiger partial charge in [0.25, 0.3) is 5.56 Å². The van der Waals surface area contributed by atoms with Crippen LogP contribution >= 0.6 is 23.4 Å². The lowest BCUT2D eigenvalue weighted by atomic mass is 10.1. The third-order valence-electron chi connectivity index (χ3n) is 5.54. The molecule has 9 heteroatoms. The van der Waals surface area contributed by atoms with Gasteiger partial charge >= 0.3 is 0 Å². The van der Waals surface area contributed by atoms with Crippen molar-refractivity contribution in [3.05, 3.63) is 69.5 Å². The van der Waals surface area contributed by atoms with E-state index in [9.17, 15) is 9.59 Å². The Balaban J connectivity index is 1.57. The van der Waals surface area contributed by atoms with Gasteiger partial charge in [-0.3, -0.25) is 18.6 Å². The number of rotatable bonds is 9. The van der Waals surface area contributed by atoms with Gasteiger partial charge in [-0.05, 0) is 43.2 Å². The van der Waals surface area contributed by atoms with Crippen molar-refractivity contribution in [2.75, 3.05) is 5.75 Å². The first-order valence-electron chi connectivity index (χ1n) is 11.0. The summed E-state index contributed by atoms with van der Waals surface area (Å²) in [6, 6.07) is 14.7. The molecular weight excluding hydrogens is 458 g/mol. The van der Waals surface area contributed by atoms with Crippen molar-refractivity contribution in [2.45, 2.75) is 50.9 Å². The molecule has 1 atom stereocenters. The molecular formula is C24H26ClN5O2S. The zero-order valence-corrected chi connectivity index (χ0v) is 20.2. The molecule has 0 saturated carbocycles. The number of carbonyl (C=O) groups excluding carboxylic acids is 1. The van der Waals surface area contributed by atoms with Crippen molar-refractivity contribution in [1.29, 1.82) is 0 Å². The number of aromatic nitrogens is 4. The molecule has 33 heavy (non-hydrogen) atoms. The minimum atomic E-state index is -0.143. The zero-order valence-electron chi connectivity index (χ0n) is 18.6. The summed E-state index contributed by atoms with van der Waals surface area (Å²) in [6.45, 7) is 4.65. The Kier molecular flexibility index (Phi) is 7.35. The molecule has 2 aromatic heterocycles. The minimum absolute atomic E-state index is 0.0623. The molecule has 172 valence electrons. The fraction of sp³-hybridized carbons (Fsp3) is 0.333. The first kappa shape index (κ1) is 23.3. The van der Waals surface area contributed by atoms with Gasteiger partial charge in [0.1, 0.15) is 0 Å². The van der Waals surface area contributed by atoms with Crippen LogP contribution in [0.1, 0.15) is 44.7 Å². The van der Waals surface area contributed by atoms with Crippen molar-refractivity contribution < 1.29 is 4.79 Å². The SMILES string of the molecule is CCCCCn1c(=O)c2ccccc2n2c(SCC(=O)NC(C)c3ccc(Cl)cc3)nnc12. The second-order valence-electron chi connectivity index (χ2n) is 7.93. The lowest BCUT2D eigenvalue weighted by molar-refractivity contribution is -0.119. The highest BCUT2D eigenvalue weighted by Crippen LogP contribution is 2.22. The Bertz CT molecular complexity index is 1330. The molecule has 0 saturated heterocycles. The van der Waals surface area contributed by atoms with E-state index in [-0.39, 0.29) is 23.3 Å². The predicted molar refractivity (Wildman–Crippen MR) is 133 cm³/mol. The molecule has 0 spiro atoms. The largest absolute Gasteiger partial charge is 0.349 e. The molecule has 4 rings (SSSR count). The Morgan fingerprint density at radius 3 is 2.64 bits per heavy atom. The first-order valence-corrected chi connectivity index (χ1v) is 12.4. The second kappa shape index (κ2) is 10.4. The van der Waals surface area contributed by atoms with Gasteiger partial charge in [0.05, 0.1) is 22.7 Å². The Morgan fingerprint density at radius 1 is 1.12 bits per heavy atom. The van der Waals surface area contributed by atoms with Crippen LogP contribution in [0, 0.1) is 0 Å². The van der Waals surface area contributed by atoms with E-state index in [0.717, 1.165) is 30.3 Å². The fourth-order valence-electron chi connectivity index (χ4n) is 3.80. The first-order chi connectivity index (χ1) is 16.0. The van der Waals surface area contributed by atoms with Crippen molar-refractivity contribution in [3.8, 4) is 0 Å². The van der Waals surface area contributed by atoms with E-state index in [1.807, 2.05) is 59.9 Å². The van der Waals surface area contributed by atoms with Gasteiger partial charge in [-0.15, -0.1) is 10.2 Å². The number of nitrogens with one attached hydrogen (secondary N) is 1. The number of unbranched alkanes of at least 4 members (excludes halogenated alkanes) is 2. The van der Waals surface area contributed by atoms with Crippen molar-refractivity contribution in [2.24, 2.45) is 0 Å². The molecule has 7 nitrogen and oxygen atoms in total. The molecule has 2 aromatic carbocycles. The van der Waals surface area contributed by atoms with E-state index >= 15 is 0 Å². The number of para-hydroxylation sites is 1. The van der Waals surface area contributed by atoms with E-state index in [4.69, 9.17) is 11.6 Å². The molecule has 0 radical (unpaired) electrons. The second-order valence-corrected chi connectivity index (χ2v) is 9.31. The summed E-state index contributed by atoms with van der Waals surface area (Å²) in [7, 11) is 0. The van der Waals surface area contributed by atoms with Crippen LogP contribution in [-0.2, 0) is 11.3 Å². The molecule has 0 fully saturated rings. The lowest BCUT2D eigenvalue weighted by Gasteiger charge is -2.14. The highest BCUT2D eigenvalue weighted by atomic mass is 35.5. The van der Waals surface area contributed by atoms with E-state index in [1.165, 1.54) is 11.8 Å². The smallest absolute Gasteiger partial charge is 0.262 e. The average molecular weight is 484 g/mol. The van der Waals surface area contributed by atoms with Gasteiger partial charge in [0.2, 0.25) is 11.7 Å². The maximum Gasteiger partial charge on any atom is 0.262 e. The minimum Gasteiger partial charge on any atom is -0.349 e. The third-order valence-corrected chi connectivity index (χ3v) is 6.72.